The number of amides is 3. The van der Waals surface area contributed by atoms with E-state index in [1.165, 1.54) is 0 Å². The second-order valence-electron chi connectivity index (χ2n) is 6.81. The van der Waals surface area contributed by atoms with Crippen molar-refractivity contribution in [3.63, 3.8) is 0 Å². The van der Waals surface area contributed by atoms with Crippen molar-refractivity contribution in [3.8, 4) is 0 Å². The molecule has 1 saturated heterocycles. The fourth-order valence-corrected chi connectivity index (χ4v) is 3.12. The molecule has 30 heavy (non-hydrogen) atoms. The van der Waals surface area contributed by atoms with Gasteiger partial charge in [-0.2, -0.15) is 0 Å². The first-order valence-electron chi connectivity index (χ1n) is 9.68. The molecular weight excluding hydrogens is 386 g/mol. The van der Waals surface area contributed by atoms with E-state index in [2.05, 4.69) is 10.6 Å². The van der Waals surface area contributed by atoms with E-state index >= 15 is 0 Å². The van der Waals surface area contributed by atoms with Gasteiger partial charge in [-0.15, -0.1) is 0 Å². The molecular formula is C22H23N3O5. The van der Waals surface area contributed by atoms with Crippen molar-refractivity contribution in [3.05, 3.63) is 60.2 Å². The van der Waals surface area contributed by atoms with Crippen LogP contribution in [0.3, 0.4) is 0 Å². The van der Waals surface area contributed by atoms with Gasteiger partial charge in [-0.1, -0.05) is 42.5 Å². The standard InChI is InChI=1S/C22H23N3O5/c26-19(13-16-7-2-1-3-8-16)23-14-22(29)30-15-20(27)24-17-9-4-5-10-18(17)25-12-6-11-21(25)28/h1-5,7-10H,6,11-15H2,(H,23,26)(H,24,27). The highest BCUT2D eigenvalue weighted by atomic mass is 16.5. The van der Waals surface area contributed by atoms with Crippen LogP contribution in [0.5, 0.6) is 0 Å². The summed E-state index contributed by atoms with van der Waals surface area (Å²) < 4.78 is 4.92. The fraction of sp³-hybridized carbons (Fsp3) is 0.273. The van der Waals surface area contributed by atoms with E-state index in [0.717, 1.165) is 12.0 Å². The molecule has 0 aromatic heterocycles. The van der Waals surface area contributed by atoms with Crippen molar-refractivity contribution in [1.82, 2.24) is 5.32 Å². The first-order valence-corrected chi connectivity index (χ1v) is 9.68. The number of anilines is 2. The number of benzene rings is 2. The Morgan fingerprint density at radius 1 is 0.967 bits per heavy atom. The van der Waals surface area contributed by atoms with E-state index in [9.17, 15) is 19.2 Å². The summed E-state index contributed by atoms with van der Waals surface area (Å²) in [5.41, 5.74) is 1.93. The van der Waals surface area contributed by atoms with Crippen LogP contribution in [-0.2, 0) is 30.3 Å². The Bertz CT molecular complexity index is 929. The van der Waals surface area contributed by atoms with E-state index in [4.69, 9.17) is 4.74 Å². The Morgan fingerprint density at radius 3 is 2.43 bits per heavy atom. The predicted molar refractivity (Wildman–Crippen MR) is 111 cm³/mol. The van der Waals surface area contributed by atoms with Crippen LogP contribution in [0.2, 0.25) is 0 Å². The molecule has 0 unspecified atom stereocenters. The van der Waals surface area contributed by atoms with E-state index in [-0.39, 0.29) is 24.8 Å². The number of carbonyl (C=O) groups excluding carboxylic acids is 4. The number of carbonyl (C=O) groups is 4. The van der Waals surface area contributed by atoms with Gasteiger partial charge in [0.05, 0.1) is 17.8 Å². The predicted octanol–water partition coefficient (Wildman–Crippen LogP) is 1.65. The summed E-state index contributed by atoms with van der Waals surface area (Å²) in [6, 6.07) is 16.1. The lowest BCUT2D eigenvalue weighted by Gasteiger charge is -2.19. The lowest BCUT2D eigenvalue weighted by atomic mass is 10.1. The molecule has 0 spiro atoms. The average Bonchev–Trinajstić information content (AvgIpc) is 3.17. The molecule has 8 nitrogen and oxygen atoms in total. The minimum Gasteiger partial charge on any atom is -0.454 e. The van der Waals surface area contributed by atoms with Crippen molar-refractivity contribution < 1.29 is 23.9 Å². The molecule has 0 saturated carbocycles. The van der Waals surface area contributed by atoms with Crippen LogP contribution in [-0.4, -0.2) is 43.4 Å². The Kier molecular flexibility index (Phi) is 7.15. The van der Waals surface area contributed by atoms with Gasteiger partial charge in [0.15, 0.2) is 6.61 Å². The number of hydrogen-bond acceptors (Lipinski definition) is 5. The quantitative estimate of drug-likeness (QED) is 0.645. The maximum absolute atomic E-state index is 12.2. The van der Waals surface area contributed by atoms with E-state index in [1.54, 1.807) is 29.2 Å². The SMILES string of the molecule is O=C(Cc1ccccc1)NCC(=O)OCC(=O)Nc1ccccc1N1CCCC1=O. The van der Waals surface area contributed by atoms with Crippen LogP contribution >= 0.6 is 0 Å². The Hall–Kier alpha value is -3.68. The van der Waals surface area contributed by atoms with E-state index in [0.29, 0.717) is 24.3 Å². The molecule has 1 heterocycles. The van der Waals surface area contributed by atoms with Gasteiger partial charge < -0.3 is 20.3 Å². The van der Waals surface area contributed by atoms with Crippen LogP contribution < -0.4 is 15.5 Å². The van der Waals surface area contributed by atoms with Crippen molar-refractivity contribution in [1.29, 1.82) is 0 Å². The molecule has 0 bridgehead atoms. The zero-order chi connectivity index (χ0) is 21.3. The van der Waals surface area contributed by atoms with Crippen molar-refractivity contribution in [2.24, 2.45) is 0 Å². The van der Waals surface area contributed by atoms with Gasteiger partial charge >= 0.3 is 5.97 Å². The molecule has 3 amide bonds. The van der Waals surface area contributed by atoms with Gasteiger partial charge in [0.2, 0.25) is 11.8 Å². The minimum atomic E-state index is -0.713. The number of esters is 1. The monoisotopic (exact) mass is 409 g/mol. The first-order chi connectivity index (χ1) is 14.5. The van der Waals surface area contributed by atoms with Crippen molar-refractivity contribution in [2.45, 2.75) is 19.3 Å². The third-order valence-corrected chi connectivity index (χ3v) is 4.54. The second kappa shape index (κ2) is 10.2. The molecule has 0 atom stereocenters. The number of hydrogen-bond donors (Lipinski definition) is 2. The molecule has 3 rings (SSSR count). The lowest BCUT2D eigenvalue weighted by Crippen LogP contribution is -2.33. The average molecular weight is 409 g/mol. The number of para-hydroxylation sites is 2. The van der Waals surface area contributed by atoms with Crippen LogP contribution in [0.4, 0.5) is 11.4 Å². The van der Waals surface area contributed by atoms with Crippen LogP contribution in [0.1, 0.15) is 18.4 Å². The Balaban J connectivity index is 1.43. The normalized spacial score (nSPS) is 13.1. The third kappa shape index (κ3) is 5.91. The molecule has 156 valence electrons. The number of nitrogens with zero attached hydrogens (tertiary/aromatic N) is 1. The van der Waals surface area contributed by atoms with Gasteiger partial charge in [-0.3, -0.25) is 19.2 Å². The van der Waals surface area contributed by atoms with Gasteiger partial charge in [0.25, 0.3) is 5.91 Å². The molecule has 2 aromatic carbocycles. The van der Waals surface area contributed by atoms with Crippen LogP contribution in [0.25, 0.3) is 0 Å². The van der Waals surface area contributed by atoms with E-state index in [1.807, 2.05) is 30.3 Å². The molecule has 0 aliphatic carbocycles. The fourth-order valence-electron chi connectivity index (χ4n) is 3.12. The Morgan fingerprint density at radius 2 is 1.70 bits per heavy atom. The molecule has 2 aromatic rings. The second-order valence-corrected chi connectivity index (χ2v) is 6.81. The van der Waals surface area contributed by atoms with Gasteiger partial charge in [-0.25, -0.2) is 0 Å². The van der Waals surface area contributed by atoms with Gasteiger partial charge in [-0.05, 0) is 24.1 Å². The topological polar surface area (TPSA) is 105 Å². The summed E-state index contributed by atoms with van der Waals surface area (Å²) in [7, 11) is 0. The van der Waals surface area contributed by atoms with Gasteiger partial charge in [0.1, 0.15) is 6.54 Å². The smallest absolute Gasteiger partial charge is 0.325 e. The number of nitrogens with one attached hydrogen (secondary N) is 2. The lowest BCUT2D eigenvalue weighted by molar-refractivity contribution is -0.147. The third-order valence-electron chi connectivity index (χ3n) is 4.54. The molecule has 8 heteroatoms. The van der Waals surface area contributed by atoms with Crippen LogP contribution in [0, 0.1) is 0 Å². The molecule has 1 aliphatic heterocycles. The number of ether oxygens (including phenoxy) is 1. The largest absolute Gasteiger partial charge is 0.454 e. The number of rotatable bonds is 8. The zero-order valence-corrected chi connectivity index (χ0v) is 16.4. The summed E-state index contributed by atoms with van der Waals surface area (Å²) >= 11 is 0. The van der Waals surface area contributed by atoms with Crippen LogP contribution in [0.15, 0.2) is 54.6 Å². The zero-order valence-electron chi connectivity index (χ0n) is 16.4. The van der Waals surface area contributed by atoms with Crippen molar-refractivity contribution >= 4 is 35.1 Å². The maximum atomic E-state index is 12.2. The van der Waals surface area contributed by atoms with E-state index < -0.39 is 18.5 Å². The highest BCUT2D eigenvalue weighted by molar-refractivity contribution is 6.02. The summed E-state index contributed by atoms with van der Waals surface area (Å²) in [4.78, 5) is 49.4. The highest BCUT2D eigenvalue weighted by Gasteiger charge is 2.24. The maximum Gasteiger partial charge on any atom is 0.325 e. The summed E-state index contributed by atoms with van der Waals surface area (Å²) in [6.45, 7) is -0.211. The minimum absolute atomic E-state index is 0.00868. The molecule has 0 radical (unpaired) electrons. The van der Waals surface area contributed by atoms with Gasteiger partial charge in [0, 0.05) is 13.0 Å². The highest BCUT2D eigenvalue weighted by Crippen LogP contribution is 2.29. The summed E-state index contributed by atoms with van der Waals surface area (Å²) in [5.74, 6) is -1.55. The summed E-state index contributed by atoms with van der Waals surface area (Å²) in [6.07, 6.45) is 1.41. The molecule has 1 aliphatic rings. The summed E-state index contributed by atoms with van der Waals surface area (Å²) in [5, 5.41) is 5.13. The molecule has 1 fully saturated rings. The Labute approximate surface area is 174 Å². The van der Waals surface area contributed by atoms with Crippen molar-refractivity contribution in [2.75, 3.05) is 29.9 Å². The first kappa shape index (κ1) is 21.0. The molecule has 2 N–H and O–H groups in total.